The van der Waals surface area contributed by atoms with Crippen LogP contribution in [0.4, 0.5) is 0 Å². The van der Waals surface area contributed by atoms with Crippen molar-refractivity contribution in [2.24, 2.45) is 0 Å². The minimum absolute atomic E-state index is 0.0742. The van der Waals surface area contributed by atoms with Gasteiger partial charge in [-0.2, -0.15) is 4.98 Å². The summed E-state index contributed by atoms with van der Waals surface area (Å²) in [6.45, 7) is 4.29. The number of rotatable bonds is 5. The molecule has 100 valence electrons. The van der Waals surface area contributed by atoms with Crippen molar-refractivity contribution < 1.29 is 14.6 Å². The molecule has 1 N–H and O–H groups in total. The summed E-state index contributed by atoms with van der Waals surface area (Å²) in [5, 5.41) is 9.05. The molecule has 0 aliphatic rings. The van der Waals surface area contributed by atoms with Crippen LogP contribution in [0.3, 0.4) is 0 Å². The van der Waals surface area contributed by atoms with Crippen LogP contribution in [0.1, 0.15) is 18.2 Å². The zero-order valence-corrected chi connectivity index (χ0v) is 11.0. The molecule has 0 spiro atoms. The highest BCUT2D eigenvalue weighted by atomic mass is 16.5. The molecule has 0 saturated heterocycles. The minimum Gasteiger partial charge on any atom is -0.494 e. The predicted octanol–water partition coefficient (Wildman–Crippen LogP) is 2.47. The number of nitrogens with zero attached hydrogens (tertiary/aromatic N) is 2. The van der Waals surface area contributed by atoms with E-state index in [1.807, 2.05) is 19.1 Å². The Hall–Kier alpha value is -2.14. The zero-order chi connectivity index (χ0) is 13.7. The monoisotopic (exact) mass is 260 g/mol. The Kier molecular flexibility index (Phi) is 4.30. The van der Waals surface area contributed by atoms with Crippen molar-refractivity contribution in [2.75, 3.05) is 6.61 Å². The van der Waals surface area contributed by atoms with E-state index in [-0.39, 0.29) is 12.6 Å². The number of benzene rings is 1. The van der Waals surface area contributed by atoms with Crippen molar-refractivity contribution in [3.63, 3.8) is 0 Å². The van der Waals surface area contributed by atoms with Gasteiger partial charge in [-0.3, -0.25) is 0 Å². The Morgan fingerprint density at radius 1 is 1.16 bits per heavy atom. The molecule has 0 unspecified atom stereocenters. The number of aliphatic hydroxyl groups is 1. The molecular weight excluding hydrogens is 244 g/mol. The number of hydrogen-bond acceptors (Lipinski definition) is 5. The second-order valence-electron chi connectivity index (χ2n) is 3.93. The number of aromatic nitrogens is 2. The molecule has 1 aromatic carbocycles. The Morgan fingerprint density at radius 2 is 1.84 bits per heavy atom. The van der Waals surface area contributed by atoms with Gasteiger partial charge in [0.2, 0.25) is 0 Å². The molecule has 0 bridgehead atoms. The maximum Gasteiger partial charge on any atom is 0.322 e. The lowest BCUT2D eigenvalue weighted by Crippen LogP contribution is -1.98. The van der Waals surface area contributed by atoms with Gasteiger partial charge < -0.3 is 14.6 Å². The van der Waals surface area contributed by atoms with E-state index in [2.05, 4.69) is 9.97 Å². The third-order valence-corrected chi connectivity index (χ3v) is 2.57. The summed E-state index contributed by atoms with van der Waals surface area (Å²) in [5.74, 6) is 1.43. The number of aliphatic hydroxyl groups excluding tert-OH is 1. The van der Waals surface area contributed by atoms with Crippen molar-refractivity contribution in [3.05, 3.63) is 41.7 Å². The number of hydrogen-bond donors (Lipinski definition) is 1. The van der Waals surface area contributed by atoms with E-state index in [1.165, 1.54) is 0 Å². The van der Waals surface area contributed by atoms with E-state index in [0.717, 1.165) is 5.75 Å². The molecule has 0 radical (unpaired) electrons. The topological polar surface area (TPSA) is 64.5 Å². The first-order valence-electron chi connectivity index (χ1n) is 6.07. The van der Waals surface area contributed by atoms with Gasteiger partial charge in [0, 0.05) is 11.8 Å². The first-order chi connectivity index (χ1) is 9.22. The SMILES string of the molecule is CCOc1ccc(Oc2ncc(CO)c(C)n2)cc1. The predicted molar refractivity (Wildman–Crippen MR) is 70.4 cm³/mol. The van der Waals surface area contributed by atoms with Crippen molar-refractivity contribution in [1.82, 2.24) is 9.97 Å². The standard InChI is InChI=1S/C14H16N2O3/c1-3-18-12-4-6-13(7-5-12)19-14-15-8-11(9-17)10(2)16-14/h4-8,17H,3,9H2,1-2H3. The van der Waals surface area contributed by atoms with Crippen LogP contribution < -0.4 is 9.47 Å². The van der Waals surface area contributed by atoms with Crippen LogP contribution in [0.25, 0.3) is 0 Å². The van der Waals surface area contributed by atoms with Crippen molar-refractivity contribution in [2.45, 2.75) is 20.5 Å². The average Bonchev–Trinajstić information content (AvgIpc) is 2.42. The van der Waals surface area contributed by atoms with E-state index in [0.29, 0.717) is 23.6 Å². The van der Waals surface area contributed by atoms with Crippen LogP contribution in [-0.4, -0.2) is 21.7 Å². The lowest BCUT2D eigenvalue weighted by Gasteiger charge is -2.07. The molecule has 2 rings (SSSR count). The van der Waals surface area contributed by atoms with Gasteiger partial charge in [0.15, 0.2) is 0 Å². The van der Waals surface area contributed by atoms with Gasteiger partial charge in [0.05, 0.1) is 18.9 Å². The van der Waals surface area contributed by atoms with Crippen molar-refractivity contribution >= 4 is 0 Å². The molecule has 0 aliphatic carbocycles. The fourth-order valence-electron chi connectivity index (χ4n) is 1.55. The summed E-state index contributed by atoms with van der Waals surface area (Å²) in [6, 6.07) is 7.51. The lowest BCUT2D eigenvalue weighted by molar-refractivity contribution is 0.279. The molecule has 5 heteroatoms. The van der Waals surface area contributed by atoms with E-state index >= 15 is 0 Å². The minimum atomic E-state index is -0.0742. The maximum absolute atomic E-state index is 9.05. The number of aryl methyl sites for hydroxylation is 1. The van der Waals surface area contributed by atoms with Crippen LogP contribution >= 0.6 is 0 Å². The highest BCUT2D eigenvalue weighted by Gasteiger charge is 2.05. The van der Waals surface area contributed by atoms with Gasteiger partial charge in [0.25, 0.3) is 0 Å². The Morgan fingerprint density at radius 3 is 2.42 bits per heavy atom. The van der Waals surface area contributed by atoms with Crippen LogP contribution in [-0.2, 0) is 6.61 Å². The van der Waals surface area contributed by atoms with Gasteiger partial charge >= 0.3 is 6.01 Å². The summed E-state index contributed by atoms with van der Waals surface area (Å²) >= 11 is 0. The molecular formula is C14H16N2O3. The summed E-state index contributed by atoms with van der Waals surface area (Å²) in [5.41, 5.74) is 1.40. The zero-order valence-electron chi connectivity index (χ0n) is 11.0. The summed E-state index contributed by atoms with van der Waals surface area (Å²) < 4.78 is 10.9. The Bertz CT molecular complexity index is 541. The summed E-state index contributed by atoms with van der Waals surface area (Å²) in [6.07, 6.45) is 1.56. The third kappa shape index (κ3) is 3.42. The Balaban J connectivity index is 2.10. The fourth-order valence-corrected chi connectivity index (χ4v) is 1.55. The van der Waals surface area contributed by atoms with Crippen molar-refractivity contribution in [1.29, 1.82) is 0 Å². The van der Waals surface area contributed by atoms with E-state index < -0.39 is 0 Å². The lowest BCUT2D eigenvalue weighted by atomic mass is 10.3. The molecule has 1 aromatic heterocycles. The van der Waals surface area contributed by atoms with Crippen molar-refractivity contribution in [3.8, 4) is 17.5 Å². The molecule has 2 aromatic rings. The van der Waals surface area contributed by atoms with Crippen LogP contribution in [0.5, 0.6) is 17.5 Å². The van der Waals surface area contributed by atoms with E-state index in [1.54, 1.807) is 25.3 Å². The van der Waals surface area contributed by atoms with Crippen LogP contribution in [0.15, 0.2) is 30.5 Å². The normalized spacial score (nSPS) is 10.3. The third-order valence-electron chi connectivity index (χ3n) is 2.57. The molecule has 0 fully saturated rings. The molecule has 0 atom stereocenters. The van der Waals surface area contributed by atoms with Gasteiger partial charge in [-0.15, -0.1) is 0 Å². The van der Waals surface area contributed by atoms with E-state index in [4.69, 9.17) is 14.6 Å². The molecule has 19 heavy (non-hydrogen) atoms. The van der Waals surface area contributed by atoms with Gasteiger partial charge in [0.1, 0.15) is 11.5 Å². The highest BCUT2D eigenvalue weighted by molar-refractivity contribution is 5.33. The van der Waals surface area contributed by atoms with Gasteiger partial charge in [-0.25, -0.2) is 4.98 Å². The largest absolute Gasteiger partial charge is 0.494 e. The smallest absolute Gasteiger partial charge is 0.322 e. The molecule has 0 saturated carbocycles. The van der Waals surface area contributed by atoms with Crippen LogP contribution in [0, 0.1) is 6.92 Å². The summed E-state index contributed by atoms with van der Waals surface area (Å²) in [7, 11) is 0. The summed E-state index contributed by atoms with van der Waals surface area (Å²) in [4.78, 5) is 8.21. The Labute approximate surface area is 111 Å². The second-order valence-corrected chi connectivity index (χ2v) is 3.93. The maximum atomic E-state index is 9.05. The quantitative estimate of drug-likeness (QED) is 0.894. The molecule has 0 aliphatic heterocycles. The first kappa shape index (κ1) is 13.3. The average molecular weight is 260 g/mol. The number of ether oxygens (including phenoxy) is 2. The molecule has 1 heterocycles. The highest BCUT2D eigenvalue weighted by Crippen LogP contribution is 2.21. The first-order valence-corrected chi connectivity index (χ1v) is 6.07. The fraction of sp³-hybridized carbons (Fsp3) is 0.286. The van der Waals surface area contributed by atoms with E-state index in [9.17, 15) is 0 Å². The second kappa shape index (κ2) is 6.15. The van der Waals surface area contributed by atoms with Crippen LogP contribution in [0.2, 0.25) is 0 Å². The van der Waals surface area contributed by atoms with Gasteiger partial charge in [-0.05, 0) is 38.1 Å². The van der Waals surface area contributed by atoms with Gasteiger partial charge in [-0.1, -0.05) is 0 Å². The molecule has 0 amide bonds. The molecule has 5 nitrogen and oxygen atoms in total.